The third-order valence-electron chi connectivity index (χ3n) is 3.16. The van der Waals surface area contributed by atoms with Crippen molar-refractivity contribution in [2.45, 2.75) is 19.4 Å². The van der Waals surface area contributed by atoms with Crippen LogP contribution < -0.4 is 0 Å². The van der Waals surface area contributed by atoms with Gasteiger partial charge in [0, 0.05) is 24.9 Å². The summed E-state index contributed by atoms with van der Waals surface area (Å²) in [6.07, 6.45) is 0. The van der Waals surface area contributed by atoms with Crippen LogP contribution in [0.4, 0.5) is 0 Å². The van der Waals surface area contributed by atoms with Crippen LogP contribution in [0, 0.1) is 10.5 Å². The second-order valence-electron chi connectivity index (χ2n) is 3.89. The fourth-order valence-corrected chi connectivity index (χ4v) is 4.84. The van der Waals surface area contributed by atoms with Crippen LogP contribution in [0.3, 0.4) is 0 Å². The van der Waals surface area contributed by atoms with Crippen molar-refractivity contribution < 1.29 is 13.3 Å². The Kier molecular flexibility index (Phi) is 5.58. The van der Waals surface area contributed by atoms with Crippen LogP contribution in [0.25, 0.3) is 0 Å². The number of hydrogen-bond donors (Lipinski definition) is 0. The maximum Gasteiger partial charge on any atom is 0.507 e. The van der Waals surface area contributed by atoms with Gasteiger partial charge in [0.15, 0.2) is 0 Å². The smallest absolute Gasteiger partial charge is 0.376 e. The maximum atomic E-state index is 5.54. The monoisotopic (exact) mass is 366 g/mol. The van der Waals surface area contributed by atoms with Crippen molar-refractivity contribution >= 4 is 31.4 Å². The van der Waals surface area contributed by atoms with Gasteiger partial charge < -0.3 is 13.3 Å². The highest BCUT2D eigenvalue weighted by Crippen LogP contribution is 2.31. The van der Waals surface area contributed by atoms with E-state index < -0.39 is 8.80 Å². The Morgan fingerprint density at radius 3 is 2.12 bits per heavy atom. The summed E-state index contributed by atoms with van der Waals surface area (Å²) in [7, 11) is 2.34. The summed E-state index contributed by atoms with van der Waals surface area (Å²) in [5.74, 6) is 0. The zero-order chi connectivity index (χ0) is 13.1. The summed E-state index contributed by atoms with van der Waals surface area (Å²) in [5, 5.41) is 0. The lowest BCUT2D eigenvalue weighted by Crippen LogP contribution is -2.48. The van der Waals surface area contributed by atoms with E-state index in [1.165, 1.54) is 14.7 Å². The molecule has 3 nitrogen and oxygen atoms in total. The largest absolute Gasteiger partial charge is 0.507 e. The van der Waals surface area contributed by atoms with Crippen molar-refractivity contribution in [1.29, 1.82) is 0 Å². The third-order valence-corrected chi connectivity index (χ3v) is 7.41. The summed E-state index contributed by atoms with van der Waals surface area (Å²) in [6, 6.07) is 6.27. The molecule has 5 heteroatoms. The Labute approximate surface area is 118 Å². The Bertz CT molecular complexity index is 372. The topological polar surface area (TPSA) is 27.7 Å². The minimum atomic E-state index is -2.62. The van der Waals surface area contributed by atoms with E-state index in [0.717, 1.165) is 0 Å². The molecule has 0 aliphatic carbocycles. The van der Waals surface area contributed by atoms with Crippen LogP contribution in [0.1, 0.15) is 23.6 Å². The standard InChI is InChI=1S/C12H19IO3Si/c1-9-11(7-6-8-12(9)13)10(2)17(14-3,15-4)16-5/h6-8,10H,1-5H3. The van der Waals surface area contributed by atoms with Gasteiger partial charge in [-0.15, -0.1) is 0 Å². The fourth-order valence-electron chi connectivity index (χ4n) is 2.06. The first kappa shape index (κ1) is 15.1. The highest BCUT2D eigenvalue weighted by atomic mass is 127. The van der Waals surface area contributed by atoms with Gasteiger partial charge in [-0.05, 0) is 46.7 Å². The van der Waals surface area contributed by atoms with E-state index in [4.69, 9.17) is 13.3 Å². The van der Waals surface area contributed by atoms with Crippen LogP contribution in [-0.4, -0.2) is 30.1 Å². The first-order valence-electron chi connectivity index (χ1n) is 5.42. The minimum absolute atomic E-state index is 0.122. The average molecular weight is 366 g/mol. The molecule has 0 amide bonds. The molecule has 0 spiro atoms. The molecule has 1 aromatic rings. The van der Waals surface area contributed by atoms with Gasteiger partial charge in [0.1, 0.15) is 0 Å². The number of halogens is 1. The third kappa shape index (κ3) is 2.90. The Hall–Kier alpha value is 0.0469. The molecule has 96 valence electrons. The molecule has 1 atom stereocenters. The summed E-state index contributed by atoms with van der Waals surface area (Å²) in [4.78, 5) is 0. The van der Waals surface area contributed by atoms with Crippen LogP contribution in [0.5, 0.6) is 0 Å². The molecule has 17 heavy (non-hydrogen) atoms. The van der Waals surface area contributed by atoms with Crippen LogP contribution in [0.15, 0.2) is 18.2 Å². The van der Waals surface area contributed by atoms with Gasteiger partial charge in [0.25, 0.3) is 0 Å². The number of hydrogen-bond acceptors (Lipinski definition) is 3. The molecule has 0 N–H and O–H groups in total. The Morgan fingerprint density at radius 2 is 1.65 bits per heavy atom. The average Bonchev–Trinajstić information content (AvgIpc) is 2.35. The van der Waals surface area contributed by atoms with Gasteiger partial charge >= 0.3 is 8.80 Å². The second-order valence-corrected chi connectivity index (χ2v) is 8.35. The van der Waals surface area contributed by atoms with Crippen molar-refractivity contribution in [2.24, 2.45) is 0 Å². The van der Waals surface area contributed by atoms with E-state index in [0.29, 0.717) is 0 Å². The summed E-state index contributed by atoms with van der Waals surface area (Å²) < 4.78 is 17.9. The van der Waals surface area contributed by atoms with Gasteiger partial charge in [-0.3, -0.25) is 0 Å². The van der Waals surface area contributed by atoms with Crippen molar-refractivity contribution in [2.75, 3.05) is 21.3 Å². The Balaban J connectivity index is 3.18. The molecule has 0 saturated carbocycles. The molecular formula is C12H19IO3Si. The molecule has 0 saturated heterocycles. The van der Waals surface area contributed by atoms with E-state index in [1.807, 2.05) is 0 Å². The van der Waals surface area contributed by atoms with Crippen LogP contribution in [-0.2, 0) is 13.3 Å². The van der Waals surface area contributed by atoms with Crippen LogP contribution in [0.2, 0.25) is 0 Å². The lowest BCUT2D eigenvalue weighted by atomic mass is 10.1. The zero-order valence-electron chi connectivity index (χ0n) is 10.9. The first-order chi connectivity index (χ1) is 8.02. The lowest BCUT2D eigenvalue weighted by molar-refractivity contribution is 0.114. The molecule has 0 heterocycles. The van der Waals surface area contributed by atoms with E-state index >= 15 is 0 Å². The normalized spacial score (nSPS) is 13.8. The molecular weight excluding hydrogens is 347 g/mol. The Morgan fingerprint density at radius 1 is 1.12 bits per heavy atom. The zero-order valence-corrected chi connectivity index (χ0v) is 14.1. The van der Waals surface area contributed by atoms with Gasteiger partial charge in [0.2, 0.25) is 0 Å². The predicted octanol–water partition coefficient (Wildman–Crippen LogP) is 3.12. The molecule has 1 aromatic carbocycles. The van der Waals surface area contributed by atoms with E-state index in [-0.39, 0.29) is 5.54 Å². The van der Waals surface area contributed by atoms with Crippen LogP contribution >= 0.6 is 22.6 Å². The van der Waals surface area contributed by atoms with Gasteiger partial charge in [-0.1, -0.05) is 19.1 Å². The molecule has 0 radical (unpaired) electrons. The van der Waals surface area contributed by atoms with Crippen molar-refractivity contribution in [3.8, 4) is 0 Å². The number of benzene rings is 1. The molecule has 0 aliphatic heterocycles. The van der Waals surface area contributed by atoms with E-state index in [1.54, 1.807) is 21.3 Å². The molecule has 0 aliphatic rings. The van der Waals surface area contributed by atoms with Crippen molar-refractivity contribution in [1.82, 2.24) is 0 Å². The molecule has 1 rings (SSSR count). The fraction of sp³-hybridized carbons (Fsp3) is 0.500. The maximum absolute atomic E-state index is 5.54. The lowest BCUT2D eigenvalue weighted by Gasteiger charge is -2.31. The van der Waals surface area contributed by atoms with Crippen molar-refractivity contribution in [3.05, 3.63) is 32.9 Å². The minimum Gasteiger partial charge on any atom is -0.376 e. The molecule has 0 bridgehead atoms. The highest BCUT2D eigenvalue weighted by molar-refractivity contribution is 14.1. The molecule has 0 fully saturated rings. The highest BCUT2D eigenvalue weighted by Gasteiger charge is 2.45. The van der Waals surface area contributed by atoms with Crippen molar-refractivity contribution in [3.63, 3.8) is 0 Å². The van der Waals surface area contributed by atoms with E-state index in [9.17, 15) is 0 Å². The summed E-state index contributed by atoms with van der Waals surface area (Å²) in [6.45, 7) is 4.22. The summed E-state index contributed by atoms with van der Waals surface area (Å²) >= 11 is 2.34. The van der Waals surface area contributed by atoms with E-state index in [2.05, 4.69) is 54.6 Å². The first-order valence-corrected chi connectivity index (χ1v) is 8.31. The van der Waals surface area contributed by atoms with Gasteiger partial charge in [-0.2, -0.15) is 0 Å². The molecule has 1 unspecified atom stereocenters. The summed E-state index contributed by atoms with van der Waals surface area (Å²) in [5.41, 5.74) is 2.62. The quantitative estimate of drug-likeness (QED) is 0.592. The predicted molar refractivity (Wildman–Crippen MR) is 79.1 cm³/mol. The second kappa shape index (κ2) is 6.28. The number of rotatable bonds is 5. The SMILES string of the molecule is CO[Si](OC)(OC)C(C)c1cccc(I)c1C. The molecule has 0 aromatic heterocycles. The van der Waals surface area contributed by atoms with Gasteiger partial charge in [-0.25, -0.2) is 0 Å². The van der Waals surface area contributed by atoms with Gasteiger partial charge in [0.05, 0.1) is 5.54 Å².